The molecule has 4 heteroatoms. The molecule has 20 heavy (non-hydrogen) atoms. The van der Waals surface area contributed by atoms with E-state index in [9.17, 15) is 10.1 Å². The predicted molar refractivity (Wildman–Crippen MR) is 78.6 cm³/mol. The maximum atomic E-state index is 10.8. The van der Waals surface area contributed by atoms with Crippen molar-refractivity contribution in [1.29, 1.82) is 0 Å². The van der Waals surface area contributed by atoms with Gasteiger partial charge in [0, 0.05) is 17.7 Å². The maximum Gasteiger partial charge on any atom is 0.270 e. The van der Waals surface area contributed by atoms with Crippen molar-refractivity contribution in [2.24, 2.45) is 0 Å². The molecule has 0 radical (unpaired) electrons. The van der Waals surface area contributed by atoms with Crippen molar-refractivity contribution >= 4 is 11.3 Å². The van der Waals surface area contributed by atoms with Crippen molar-refractivity contribution in [3.63, 3.8) is 0 Å². The van der Waals surface area contributed by atoms with Crippen LogP contribution >= 0.6 is 0 Å². The minimum Gasteiger partial charge on any atom is -0.488 e. The summed E-state index contributed by atoms with van der Waals surface area (Å²) in [5, 5.41) is 10.8. The molecule has 0 saturated heterocycles. The molecule has 0 fully saturated rings. The highest BCUT2D eigenvalue weighted by molar-refractivity contribution is 5.69. The van der Waals surface area contributed by atoms with Crippen molar-refractivity contribution < 1.29 is 9.66 Å². The molecule has 0 bridgehead atoms. The first kappa shape index (κ1) is 13.8. The van der Waals surface area contributed by atoms with E-state index in [0.29, 0.717) is 17.9 Å². The molecule has 2 rings (SSSR count). The van der Waals surface area contributed by atoms with Gasteiger partial charge in [-0.25, -0.2) is 0 Å². The van der Waals surface area contributed by atoms with Gasteiger partial charge >= 0.3 is 0 Å². The van der Waals surface area contributed by atoms with Crippen molar-refractivity contribution in [3.05, 3.63) is 76.4 Å². The van der Waals surface area contributed by atoms with E-state index in [1.54, 1.807) is 13.0 Å². The average Bonchev–Trinajstić information content (AvgIpc) is 2.45. The first-order valence-corrected chi connectivity index (χ1v) is 6.19. The zero-order valence-corrected chi connectivity index (χ0v) is 11.2. The number of ether oxygens (including phenoxy) is 1. The summed E-state index contributed by atoms with van der Waals surface area (Å²) in [4.78, 5) is 10.4. The Hall–Kier alpha value is -2.62. The molecular formula is C16H15NO3. The van der Waals surface area contributed by atoms with Crippen molar-refractivity contribution in [1.82, 2.24) is 0 Å². The van der Waals surface area contributed by atoms with Gasteiger partial charge in [-0.3, -0.25) is 10.1 Å². The van der Waals surface area contributed by atoms with E-state index in [2.05, 4.69) is 6.58 Å². The minimum atomic E-state index is -0.423. The second-order valence-corrected chi connectivity index (χ2v) is 4.49. The highest BCUT2D eigenvalue weighted by atomic mass is 16.6. The summed E-state index contributed by atoms with van der Waals surface area (Å²) >= 11 is 0. The number of benzene rings is 2. The van der Waals surface area contributed by atoms with Gasteiger partial charge in [0.15, 0.2) is 0 Å². The van der Waals surface area contributed by atoms with Crippen molar-refractivity contribution in [2.75, 3.05) is 0 Å². The number of non-ortho nitro benzene ring substituents is 1. The summed E-state index contributed by atoms with van der Waals surface area (Å²) < 4.78 is 5.74. The Labute approximate surface area is 117 Å². The molecule has 0 unspecified atom stereocenters. The van der Waals surface area contributed by atoms with Gasteiger partial charge in [0.05, 0.1) is 4.92 Å². The molecule has 0 saturated carbocycles. The summed E-state index contributed by atoms with van der Waals surface area (Å²) in [5.41, 5.74) is 2.47. The number of hydrogen-bond acceptors (Lipinski definition) is 3. The molecule has 0 amide bonds. The second kappa shape index (κ2) is 6.02. The van der Waals surface area contributed by atoms with Crippen LogP contribution in [0.25, 0.3) is 5.57 Å². The number of nitro benzene ring substituents is 1. The van der Waals surface area contributed by atoms with Crippen molar-refractivity contribution in [3.8, 4) is 5.75 Å². The van der Waals surface area contributed by atoms with Gasteiger partial charge in [0.2, 0.25) is 0 Å². The Balaban J connectivity index is 2.23. The molecule has 0 aliphatic rings. The maximum absolute atomic E-state index is 10.8. The third kappa shape index (κ3) is 3.23. The van der Waals surface area contributed by atoms with E-state index in [0.717, 1.165) is 11.1 Å². The third-order valence-electron chi connectivity index (χ3n) is 2.87. The predicted octanol–water partition coefficient (Wildman–Crippen LogP) is 4.21. The zero-order chi connectivity index (χ0) is 14.5. The molecular weight excluding hydrogens is 254 g/mol. The number of rotatable bonds is 5. The molecule has 102 valence electrons. The molecule has 0 aromatic heterocycles. The van der Waals surface area contributed by atoms with Crippen LogP contribution in [0.15, 0.2) is 55.1 Å². The van der Waals surface area contributed by atoms with E-state index in [1.165, 1.54) is 12.1 Å². The highest BCUT2D eigenvalue weighted by Crippen LogP contribution is 2.29. The van der Waals surface area contributed by atoms with Crippen LogP contribution in [0.4, 0.5) is 5.69 Å². The van der Waals surface area contributed by atoms with Gasteiger partial charge < -0.3 is 4.74 Å². The normalized spacial score (nSPS) is 10.1. The number of nitro groups is 1. The molecule has 2 aromatic rings. The molecule has 0 heterocycles. The summed E-state index contributed by atoms with van der Waals surface area (Å²) in [6.45, 7) is 6.05. The molecule has 0 atom stereocenters. The quantitative estimate of drug-likeness (QED) is 0.603. The van der Waals surface area contributed by atoms with Crippen LogP contribution in [0.1, 0.15) is 18.1 Å². The lowest BCUT2D eigenvalue weighted by Crippen LogP contribution is -1.99. The number of allylic oxidation sites excluding steroid dienone is 1. The van der Waals surface area contributed by atoms with Crippen LogP contribution in [-0.4, -0.2) is 4.92 Å². The van der Waals surface area contributed by atoms with E-state index >= 15 is 0 Å². The van der Waals surface area contributed by atoms with E-state index in [4.69, 9.17) is 4.74 Å². The van der Waals surface area contributed by atoms with E-state index in [-0.39, 0.29) is 5.69 Å². The van der Waals surface area contributed by atoms with E-state index in [1.807, 2.05) is 30.3 Å². The summed E-state index contributed by atoms with van der Waals surface area (Å²) in [6.07, 6.45) is 0. The third-order valence-corrected chi connectivity index (χ3v) is 2.87. The second-order valence-electron chi connectivity index (χ2n) is 4.49. The fourth-order valence-electron chi connectivity index (χ4n) is 1.83. The minimum absolute atomic E-state index is 0.0371. The SMILES string of the molecule is C=C(C)c1cc([N+](=O)[O-])ccc1OCc1ccccc1. The fourth-order valence-corrected chi connectivity index (χ4v) is 1.83. The summed E-state index contributed by atoms with van der Waals surface area (Å²) in [7, 11) is 0. The highest BCUT2D eigenvalue weighted by Gasteiger charge is 2.12. The lowest BCUT2D eigenvalue weighted by Gasteiger charge is -2.11. The zero-order valence-electron chi connectivity index (χ0n) is 11.2. The Morgan fingerprint density at radius 2 is 1.95 bits per heavy atom. The van der Waals surface area contributed by atoms with Crippen LogP contribution in [0, 0.1) is 10.1 Å². The Morgan fingerprint density at radius 3 is 2.55 bits per heavy atom. The van der Waals surface area contributed by atoms with Gasteiger partial charge in [-0.05, 0) is 24.1 Å². The first-order valence-electron chi connectivity index (χ1n) is 6.19. The first-order chi connectivity index (χ1) is 9.58. The molecule has 0 aliphatic carbocycles. The molecule has 0 spiro atoms. The van der Waals surface area contributed by atoms with Crippen molar-refractivity contribution in [2.45, 2.75) is 13.5 Å². The summed E-state index contributed by atoms with van der Waals surface area (Å²) in [5.74, 6) is 0.604. The monoisotopic (exact) mass is 269 g/mol. The Morgan fingerprint density at radius 1 is 1.25 bits per heavy atom. The fraction of sp³-hybridized carbons (Fsp3) is 0.125. The number of hydrogen-bond donors (Lipinski definition) is 0. The van der Waals surface area contributed by atoms with Crippen LogP contribution in [0.3, 0.4) is 0 Å². The number of nitrogens with zero attached hydrogens (tertiary/aromatic N) is 1. The standard InChI is InChI=1S/C16H15NO3/c1-12(2)15-10-14(17(18)19)8-9-16(15)20-11-13-6-4-3-5-7-13/h3-10H,1,11H2,2H3. The Kier molecular flexibility index (Phi) is 4.15. The molecule has 4 nitrogen and oxygen atoms in total. The lowest BCUT2D eigenvalue weighted by atomic mass is 10.1. The van der Waals surface area contributed by atoms with Gasteiger partial charge in [0.25, 0.3) is 5.69 Å². The topological polar surface area (TPSA) is 52.4 Å². The van der Waals surface area contributed by atoms with Crippen LogP contribution in [0.5, 0.6) is 5.75 Å². The van der Waals surface area contributed by atoms with Crippen LogP contribution < -0.4 is 4.74 Å². The lowest BCUT2D eigenvalue weighted by molar-refractivity contribution is -0.384. The Bertz CT molecular complexity index is 635. The van der Waals surface area contributed by atoms with Gasteiger partial charge in [-0.2, -0.15) is 0 Å². The van der Waals surface area contributed by atoms with E-state index < -0.39 is 4.92 Å². The molecule has 0 aliphatic heterocycles. The van der Waals surface area contributed by atoms with Gasteiger partial charge in [0.1, 0.15) is 12.4 Å². The van der Waals surface area contributed by atoms with Crippen LogP contribution in [0.2, 0.25) is 0 Å². The van der Waals surface area contributed by atoms with Gasteiger partial charge in [-0.1, -0.05) is 36.9 Å². The van der Waals surface area contributed by atoms with Crippen LogP contribution in [-0.2, 0) is 6.61 Å². The average molecular weight is 269 g/mol. The van der Waals surface area contributed by atoms with Gasteiger partial charge in [-0.15, -0.1) is 0 Å². The largest absolute Gasteiger partial charge is 0.488 e. The summed E-state index contributed by atoms with van der Waals surface area (Å²) in [6, 6.07) is 14.3. The smallest absolute Gasteiger partial charge is 0.270 e. The molecule has 0 N–H and O–H groups in total. The molecule has 2 aromatic carbocycles.